The topological polar surface area (TPSA) is 118 Å². The highest BCUT2D eigenvalue weighted by molar-refractivity contribution is 5.59. The van der Waals surface area contributed by atoms with Crippen LogP contribution in [-0.4, -0.2) is 73.3 Å². The van der Waals surface area contributed by atoms with Crippen LogP contribution in [0.15, 0.2) is 48.5 Å². The number of hydrogen-bond acceptors (Lipinski definition) is 8. The summed E-state index contributed by atoms with van der Waals surface area (Å²) < 4.78 is 28.7. The molecule has 1 aliphatic rings. The highest BCUT2D eigenvalue weighted by Crippen LogP contribution is 2.42. The Labute approximate surface area is 461 Å². The Bertz CT molecular complexity index is 1810. The Kier molecular flexibility index (Phi) is 31.1. The molecule has 424 valence electrons. The number of aliphatic hydroxyl groups is 4. The maximum atomic E-state index is 10.2. The third kappa shape index (κ3) is 21.6. The summed E-state index contributed by atoms with van der Waals surface area (Å²) in [7, 11) is 0. The van der Waals surface area contributed by atoms with E-state index in [9.17, 15) is 20.4 Å². The van der Waals surface area contributed by atoms with E-state index in [1.54, 1.807) is 0 Å². The molecule has 8 nitrogen and oxygen atoms in total. The zero-order chi connectivity index (χ0) is 54.0. The second kappa shape index (κ2) is 37.7. The third-order valence-corrected chi connectivity index (χ3v) is 15.2. The van der Waals surface area contributed by atoms with Gasteiger partial charge in [-0.05, 0) is 144 Å². The predicted molar refractivity (Wildman–Crippen MR) is 316 cm³/mol. The molecule has 0 spiro atoms. The first-order chi connectivity index (χ1) is 37.4. The number of hydrogen-bond donors (Lipinski definition) is 4. The fourth-order valence-electron chi connectivity index (χ4n) is 11.1. The first-order valence-corrected chi connectivity index (χ1v) is 30.9. The van der Waals surface area contributed by atoms with Crippen LogP contribution in [0, 0.1) is 0 Å². The van der Waals surface area contributed by atoms with Crippen LogP contribution in [0.1, 0.15) is 249 Å². The van der Waals surface area contributed by atoms with Crippen molar-refractivity contribution in [3.8, 4) is 23.0 Å². The zero-order valence-electron chi connectivity index (χ0n) is 48.3. The summed E-state index contributed by atoms with van der Waals surface area (Å²) in [5.41, 5.74) is 13.7. The summed E-state index contributed by atoms with van der Waals surface area (Å²) in [4.78, 5) is 0. The van der Waals surface area contributed by atoms with Gasteiger partial charge in [-0.15, -0.1) is 0 Å². The molecule has 4 aromatic carbocycles. The van der Waals surface area contributed by atoms with Crippen molar-refractivity contribution in [2.75, 3.05) is 52.9 Å². The monoisotopic (exact) mass is 1050 g/mol. The van der Waals surface area contributed by atoms with Crippen LogP contribution in [0.3, 0.4) is 0 Å². The Hall–Kier alpha value is -4.08. The van der Waals surface area contributed by atoms with Crippen LogP contribution in [-0.2, 0) is 51.4 Å². The third-order valence-electron chi connectivity index (χ3n) is 15.2. The molecule has 4 aromatic rings. The van der Waals surface area contributed by atoms with Gasteiger partial charge in [0.25, 0.3) is 0 Å². The molecule has 0 unspecified atom stereocenters. The van der Waals surface area contributed by atoms with E-state index in [1.807, 2.05) is 0 Å². The normalized spacial score (nSPS) is 12.3. The molecular formula is C68H104O8. The number of benzene rings is 4. The van der Waals surface area contributed by atoms with Gasteiger partial charge < -0.3 is 39.4 Å². The molecule has 0 saturated heterocycles. The van der Waals surface area contributed by atoms with Gasteiger partial charge in [-0.1, -0.05) is 179 Å². The lowest BCUT2D eigenvalue weighted by atomic mass is 9.87. The van der Waals surface area contributed by atoms with Crippen molar-refractivity contribution in [1.82, 2.24) is 0 Å². The smallest absolute Gasteiger partial charge is 0.126 e. The Balaban J connectivity index is 1.86. The van der Waals surface area contributed by atoms with Crippen LogP contribution in [0.5, 0.6) is 23.0 Å². The second-order valence-corrected chi connectivity index (χ2v) is 22.0. The Morgan fingerprint density at radius 1 is 0.263 bits per heavy atom. The van der Waals surface area contributed by atoms with Gasteiger partial charge in [-0.2, -0.15) is 0 Å². The lowest BCUT2D eigenvalue weighted by molar-refractivity contribution is 0.288. The summed E-state index contributed by atoms with van der Waals surface area (Å²) in [6.07, 6.45) is 30.9. The molecule has 5 rings (SSSR count). The fourth-order valence-corrected chi connectivity index (χ4v) is 11.1. The van der Waals surface area contributed by atoms with E-state index in [0.29, 0.717) is 77.8 Å². The molecule has 0 aliphatic heterocycles. The molecule has 0 saturated carbocycles. The van der Waals surface area contributed by atoms with E-state index in [1.165, 1.54) is 99.3 Å². The molecule has 8 heteroatoms. The van der Waals surface area contributed by atoms with Crippen molar-refractivity contribution in [3.05, 3.63) is 115 Å². The maximum absolute atomic E-state index is 10.2. The van der Waals surface area contributed by atoms with Crippen LogP contribution in [0.25, 0.3) is 0 Å². The maximum Gasteiger partial charge on any atom is 0.126 e. The summed E-state index contributed by atoms with van der Waals surface area (Å²) >= 11 is 0. The van der Waals surface area contributed by atoms with Gasteiger partial charge in [0.1, 0.15) is 23.0 Å². The summed E-state index contributed by atoms with van der Waals surface area (Å²) in [6.45, 7) is 12.0. The van der Waals surface area contributed by atoms with E-state index < -0.39 is 0 Å². The lowest BCUT2D eigenvalue weighted by Gasteiger charge is -2.25. The van der Waals surface area contributed by atoms with E-state index in [0.717, 1.165) is 145 Å². The number of fused-ring (bicyclic) bond motifs is 8. The Morgan fingerprint density at radius 2 is 0.447 bits per heavy atom. The van der Waals surface area contributed by atoms with Crippen LogP contribution in [0.2, 0.25) is 0 Å². The molecule has 0 atom stereocenters. The van der Waals surface area contributed by atoms with Crippen molar-refractivity contribution < 1.29 is 39.4 Å². The van der Waals surface area contributed by atoms with Gasteiger partial charge in [0.15, 0.2) is 0 Å². The number of rotatable bonds is 40. The molecule has 0 fully saturated rings. The minimum Gasteiger partial charge on any atom is -0.493 e. The Morgan fingerprint density at radius 3 is 0.618 bits per heavy atom. The van der Waals surface area contributed by atoms with Gasteiger partial charge in [0.05, 0.1) is 26.4 Å². The fraction of sp³-hybridized carbons (Fsp3) is 0.647. The van der Waals surface area contributed by atoms with Crippen LogP contribution < -0.4 is 18.9 Å². The summed E-state index contributed by atoms with van der Waals surface area (Å²) in [5, 5.41) is 40.9. The molecule has 0 heterocycles. The SMILES string of the molecule is CCCCCCCOc1c2cc(CCCO)cc1Cc1cc(CCCO)cc(c1OCCCCCCC)Cc1cc(CCCO)cc(c1OCCCCCCC)Cc1cc(CCCO)cc(c1OCCCCCCC)C2. The number of ether oxygens (including phenoxy) is 4. The highest BCUT2D eigenvalue weighted by atomic mass is 16.5. The van der Waals surface area contributed by atoms with Gasteiger partial charge in [0, 0.05) is 52.1 Å². The highest BCUT2D eigenvalue weighted by Gasteiger charge is 2.25. The molecule has 0 radical (unpaired) electrons. The van der Waals surface area contributed by atoms with Crippen molar-refractivity contribution in [2.24, 2.45) is 0 Å². The average Bonchev–Trinajstić information content (AvgIpc) is 3.42. The predicted octanol–water partition coefficient (Wildman–Crippen LogP) is 15.5. The summed E-state index contributed by atoms with van der Waals surface area (Å²) in [6, 6.07) is 18.7. The standard InChI is InChI=1S/C68H104O8/c1-5-9-13-17-21-37-73-65-57-41-53(29-25-33-69)42-58(65)50-60-44-55(31-27-35-71)46-62(67(60)75-39-23-19-15-11-7-3)52-64-48-56(32-28-36-72)47-63(68(64)76-40-24-20-16-12-8-4)51-61-45-54(30-26-34-70)43-59(49-57)66(61)74-38-22-18-14-10-6-2/h41-48,69-72H,5-40,49-52H2,1-4H3. The van der Waals surface area contributed by atoms with Gasteiger partial charge in [-0.25, -0.2) is 0 Å². The van der Waals surface area contributed by atoms with Gasteiger partial charge in [0.2, 0.25) is 0 Å². The van der Waals surface area contributed by atoms with Crippen molar-refractivity contribution in [1.29, 1.82) is 0 Å². The lowest BCUT2D eigenvalue weighted by Crippen LogP contribution is -2.12. The average molecular weight is 1050 g/mol. The largest absolute Gasteiger partial charge is 0.493 e. The number of unbranched alkanes of at least 4 members (excludes halogenated alkanes) is 16. The molecule has 76 heavy (non-hydrogen) atoms. The van der Waals surface area contributed by atoms with Gasteiger partial charge >= 0.3 is 0 Å². The van der Waals surface area contributed by atoms with Crippen molar-refractivity contribution in [3.63, 3.8) is 0 Å². The zero-order valence-corrected chi connectivity index (χ0v) is 48.3. The molecular weight excluding hydrogens is 945 g/mol. The minimum absolute atomic E-state index is 0.117. The number of aliphatic hydroxyl groups excluding tert-OH is 4. The van der Waals surface area contributed by atoms with Crippen LogP contribution >= 0.6 is 0 Å². The van der Waals surface area contributed by atoms with E-state index in [4.69, 9.17) is 18.9 Å². The molecule has 1 aliphatic carbocycles. The first kappa shape index (κ1) is 62.8. The number of aryl methyl sites for hydroxylation is 4. The molecule has 0 amide bonds. The van der Waals surface area contributed by atoms with E-state index in [-0.39, 0.29) is 26.4 Å². The van der Waals surface area contributed by atoms with Crippen LogP contribution in [0.4, 0.5) is 0 Å². The van der Waals surface area contributed by atoms with E-state index >= 15 is 0 Å². The molecule has 8 bridgehead atoms. The van der Waals surface area contributed by atoms with E-state index in [2.05, 4.69) is 76.2 Å². The molecule has 4 N–H and O–H groups in total. The summed E-state index contributed by atoms with van der Waals surface area (Å²) in [5.74, 6) is 3.74. The quantitative estimate of drug-likeness (QED) is 0.0287. The second-order valence-electron chi connectivity index (χ2n) is 22.0. The first-order valence-electron chi connectivity index (χ1n) is 30.9. The van der Waals surface area contributed by atoms with Crippen molar-refractivity contribution in [2.45, 2.75) is 233 Å². The van der Waals surface area contributed by atoms with Gasteiger partial charge in [-0.3, -0.25) is 0 Å². The molecule has 0 aromatic heterocycles. The van der Waals surface area contributed by atoms with Crippen molar-refractivity contribution >= 4 is 0 Å². The minimum atomic E-state index is 0.117.